The number of benzene rings is 1. The van der Waals surface area contributed by atoms with Crippen molar-refractivity contribution in [3.8, 4) is 5.75 Å². The van der Waals surface area contributed by atoms with Crippen LogP contribution in [0.4, 0.5) is 5.69 Å². The molecule has 0 spiro atoms. The molecule has 0 radical (unpaired) electrons. The van der Waals surface area contributed by atoms with E-state index < -0.39 is 0 Å². The Morgan fingerprint density at radius 3 is 1.85 bits per heavy atom. The molecular formula is C9H13NO3. The van der Waals surface area contributed by atoms with Gasteiger partial charge >= 0.3 is 0 Å². The second-order valence-electron chi connectivity index (χ2n) is 2.32. The quantitative estimate of drug-likeness (QED) is 0.664. The van der Waals surface area contributed by atoms with E-state index in [9.17, 15) is 0 Å². The summed E-state index contributed by atoms with van der Waals surface area (Å²) in [6.07, 6.45) is 0. The zero-order valence-electron chi connectivity index (χ0n) is 7.98. The molecule has 0 bridgehead atoms. The zero-order chi connectivity index (χ0) is 9.68. The van der Waals surface area contributed by atoms with E-state index in [1.807, 2.05) is 24.3 Å². The Morgan fingerprint density at radius 2 is 1.46 bits per heavy atom. The lowest BCUT2D eigenvalue weighted by molar-refractivity contribution is -0.0433. The third kappa shape index (κ3) is 2.34. The monoisotopic (exact) mass is 183 g/mol. The van der Waals surface area contributed by atoms with Crippen molar-refractivity contribution in [1.29, 1.82) is 0 Å². The summed E-state index contributed by atoms with van der Waals surface area (Å²) < 4.78 is 5.02. The van der Waals surface area contributed by atoms with E-state index in [4.69, 9.17) is 14.4 Å². The minimum atomic E-state index is 0.802. The number of ether oxygens (including phenoxy) is 1. The van der Waals surface area contributed by atoms with E-state index in [-0.39, 0.29) is 0 Å². The number of nitrogens with zero attached hydrogens (tertiary/aromatic N) is 1. The number of anilines is 1. The molecule has 0 saturated carbocycles. The van der Waals surface area contributed by atoms with Crippen molar-refractivity contribution in [2.24, 2.45) is 0 Å². The Morgan fingerprint density at radius 1 is 0.923 bits per heavy atom. The van der Waals surface area contributed by atoms with E-state index in [1.54, 1.807) is 7.11 Å². The van der Waals surface area contributed by atoms with Gasteiger partial charge in [-0.05, 0) is 24.3 Å². The normalized spacial score (nSPS) is 9.77. The van der Waals surface area contributed by atoms with Crippen LogP contribution in [0.25, 0.3) is 0 Å². The van der Waals surface area contributed by atoms with Gasteiger partial charge in [-0.2, -0.15) is 0 Å². The van der Waals surface area contributed by atoms with Crippen LogP contribution in [0.2, 0.25) is 0 Å². The summed E-state index contributed by atoms with van der Waals surface area (Å²) >= 11 is 0. The van der Waals surface area contributed by atoms with Crippen LogP contribution in [-0.4, -0.2) is 21.3 Å². The molecule has 0 fully saturated rings. The molecule has 0 atom stereocenters. The van der Waals surface area contributed by atoms with E-state index in [2.05, 4.69) is 0 Å². The highest BCUT2D eigenvalue weighted by Crippen LogP contribution is 2.18. The summed E-state index contributed by atoms with van der Waals surface area (Å²) in [7, 11) is 4.70. The van der Waals surface area contributed by atoms with Gasteiger partial charge in [0.1, 0.15) is 5.75 Å². The summed E-state index contributed by atoms with van der Waals surface area (Å²) in [5, 5.41) is 1.30. The van der Waals surface area contributed by atoms with Crippen molar-refractivity contribution in [3.05, 3.63) is 24.3 Å². The molecule has 0 N–H and O–H groups in total. The van der Waals surface area contributed by atoms with Crippen LogP contribution in [0.3, 0.4) is 0 Å². The van der Waals surface area contributed by atoms with Crippen molar-refractivity contribution in [1.82, 2.24) is 0 Å². The van der Waals surface area contributed by atoms with E-state index in [0.717, 1.165) is 11.4 Å². The van der Waals surface area contributed by atoms with E-state index in [0.29, 0.717) is 0 Å². The lowest BCUT2D eigenvalue weighted by Gasteiger charge is -2.17. The highest BCUT2D eigenvalue weighted by molar-refractivity contribution is 5.45. The summed E-state index contributed by atoms with van der Waals surface area (Å²) in [6.45, 7) is 0. The maximum atomic E-state index is 5.02. The maximum absolute atomic E-state index is 5.02. The highest BCUT2D eigenvalue weighted by atomic mass is 16.9. The zero-order valence-corrected chi connectivity index (χ0v) is 7.98. The maximum Gasteiger partial charge on any atom is 0.119 e. The number of hydrogen-bond donors (Lipinski definition) is 0. The van der Waals surface area contributed by atoms with Gasteiger partial charge in [0, 0.05) is 0 Å². The molecule has 72 valence electrons. The topological polar surface area (TPSA) is 30.9 Å². The van der Waals surface area contributed by atoms with Crippen LogP contribution in [0.1, 0.15) is 0 Å². The van der Waals surface area contributed by atoms with Crippen LogP contribution in [0, 0.1) is 0 Å². The molecule has 0 heterocycles. The Bertz CT molecular complexity index is 244. The molecule has 13 heavy (non-hydrogen) atoms. The number of hydrogen-bond acceptors (Lipinski definition) is 4. The molecule has 4 nitrogen and oxygen atoms in total. The van der Waals surface area contributed by atoms with Crippen LogP contribution in [0.5, 0.6) is 5.75 Å². The lowest BCUT2D eigenvalue weighted by atomic mass is 10.3. The standard InChI is InChI=1S/C9H13NO3/c1-11-9-6-4-8(5-7-9)10(12-2)13-3/h4-7H,1-3H3. The molecule has 1 aromatic rings. The summed E-state index contributed by atoms with van der Waals surface area (Å²) in [5.74, 6) is 0.802. The minimum Gasteiger partial charge on any atom is -0.497 e. The summed E-state index contributed by atoms with van der Waals surface area (Å²) in [5.41, 5.74) is 0.811. The largest absolute Gasteiger partial charge is 0.497 e. The second kappa shape index (κ2) is 4.69. The van der Waals surface area contributed by atoms with Gasteiger partial charge in [0.2, 0.25) is 0 Å². The molecule has 1 rings (SSSR count). The predicted molar refractivity (Wildman–Crippen MR) is 49.5 cm³/mol. The fourth-order valence-electron chi connectivity index (χ4n) is 0.989. The molecular weight excluding hydrogens is 170 g/mol. The van der Waals surface area contributed by atoms with Crippen LogP contribution in [-0.2, 0) is 9.68 Å². The third-order valence-corrected chi connectivity index (χ3v) is 1.61. The first kappa shape index (κ1) is 9.83. The van der Waals surface area contributed by atoms with Gasteiger partial charge in [0.25, 0.3) is 0 Å². The predicted octanol–water partition coefficient (Wildman–Crippen LogP) is 1.62. The molecule has 1 aromatic carbocycles. The number of rotatable bonds is 4. The van der Waals surface area contributed by atoms with Gasteiger partial charge in [-0.3, -0.25) is 9.68 Å². The second-order valence-corrected chi connectivity index (χ2v) is 2.32. The van der Waals surface area contributed by atoms with E-state index >= 15 is 0 Å². The number of methoxy groups -OCH3 is 1. The van der Waals surface area contributed by atoms with Gasteiger partial charge < -0.3 is 4.74 Å². The van der Waals surface area contributed by atoms with Crippen LogP contribution in [0.15, 0.2) is 24.3 Å². The molecule has 0 aromatic heterocycles. The van der Waals surface area contributed by atoms with Crippen molar-refractivity contribution in [2.75, 3.05) is 26.6 Å². The van der Waals surface area contributed by atoms with E-state index in [1.165, 1.54) is 19.4 Å². The van der Waals surface area contributed by atoms with Gasteiger partial charge in [0.15, 0.2) is 0 Å². The average molecular weight is 183 g/mol. The summed E-state index contributed by atoms with van der Waals surface area (Å²) in [4.78, 5) is 9.86. The fraction of sp³-hybridized carbons (Fsp3) is 0.333. The van der Waals surface area contributed by atoms with Gasteiger partial charge in [-0.15, -0.1) is 5.23 Å². The Balaban J connectivity index is 2.78. The molecule has 0 amide bonds. The highest BCUT2D eigenvalue weighted by Gasteiger charge is 2.03. The molecule has 0 aliphatic carbocycles. The average Bonchev–Trinajstić information content (AvgIpc) is 2.21. The van der Waals surface area contributed by atoms with Gasteiger partial charge in [0.05, 0.1) is 27.0 Å². The van der Waals surface area contributed by atoms with Crippen molar-refractivity contribution >= 4 is 5.69 Å². The SMILES string of the molecule is COc1ccc(N(OC)OC)cc1. The lowest BCUT2D eigenvalue weighted by Crippen LogP contribution is -2.19. The molecule has 0 unspecified atom stereocenters. The summed E-state index contributed by atoms with van der Waals surface area (Å²) in [6, 6.07) is 7.35. The Kier molecular flexibility index (Phi) is 3.54. The smallest absolute Gasteiger partial charge is 0.119 e. The first-order valence-corrected chi connectivity index (χ1v) is 3.84. The molecule has 0 aliphatic heterocycles. The first-order valence-electron chi connectivity index (χ1n) is 3.84. The molecule has 4 heteroatoms. The molecule has 0 aliphatic rings. The Labute approximate surface area is 77.5 Å². The minimum absolute atomic E-state index is 0.802. The van der Waals surface area contributed by atoms with Crippen molar-refractivity contribution in [3.63, 3.8) is 0 Å². The van der Waals surface area contributed by atoms with Crippen LogP contribution >= 0.6 is 0 Å². The fourth-order valence-corrected chi connectivity index (χ4v) is 0.989. The van der Waals surface area contributed by atoms with Crippen molar-refractivity contribution in [2.45, 2.75) is 0 Å². The first-order chi connectivity index (χ1) is 6.31. The Hall–Kier alpha value is -1.26. The molecule has 0 saturated heterocycles. The van der Waals surface area contributed by atoms with Crippen LogP contribution < -0.4 is 9.96 Å². The van der Waals surface area contributed by atoms with Gasteiger partial charge in [-0.1, -0.05) is 0 Å². The van der Waals surface area contributed by atoms with Gasteiger partial charge in [-0.25, -0.2) is 0 Å². The van der Waals surface area contributed by atoms with Crippen molar-refractivity contribution < 1.29 is 14.4 Å². The third-order valence-electron chi connectivity index (χ3n) is 1.61.